The highest BCUT2D eigenvalue weighted by atomic mass is 79.9. The first-order chi connectivity index (χ1) is 9.49. The molecule has 0 aromatic carbocycles. The Bertz CT molecular complexity index is 585. The average Bonchev–Trinajstić information content (AvgIpc) is 2.42. The third kappa shape index (κ3) is 3.26. The summed E-state index contributed by atoms with van der Waals surface area (Å²) >= 11 is 3.22. The molecule has 0 saturated carbocycles. The topological polar surface area (TPSA) is 88.8 Å². The number of carboxylic acid groups (broad SMARTS) is 1. The number of pyridine rings is 1. The number of ether oxygens (including phenoxy) is 1. The molecule has 1 aliphatic rings. The van der Waals surface area contributed by atoms with Crippen LogP contribution in [0.5, 0.6) is 0 Å². The Morgan fingerprint density at radius 3 is 2.90 bits per heavy atom. The number of nitrogens with zero attached hydrogens (tertiary/aromatic N) is 2. The second-order valence-corrected chi connectivity index (χ2v) is 5.25. The second-order valence-electron chi connectivity index (χ2n) is 4.33. The Hall–Kier alpha value is -1.67. The van der Waals surface area contributed by atoms with Crippen LogP contribution in [0.1, 0.15) is 0 Å². The minimum absolute atomic E-state index is 0.0333. The number of carbonyl (C=O) groups is 2. The predicted octanol–water partition coefficient (Wildman–Crippen LogP) is -0.0772. The minimum Gasteiger partial charge on any atom is -0.480 e. The molecule has 0 radical (unpaired) electrons. The zero-order valence-electron chi connectivity index (χ0n) is 10.5. The normalized spacial score (nSPS) is 18.9. The number of morpholine rings is 1. The third-order valence-corrected chi connectivity index (χ3v) is 3.46. The van der Waals surface area contributed by atoms with E-state index in [1.54, 1.807) is 6.07 Å². The van der Waals surface area contributed by atoms with E-state index in [4.69, 9.17) is 9.84 Å². The number of hydrogen-bond donors (Lipinski definition) is 1. The van der Waals surface area contributed by atoms with Crippen molar-refractivity contribution < 1.29 is 19.4 Å². The molecular formula is C12H13BrN2O5. The largest absolute Gasteiger partial charge is 0.480 e. The first-order valence-corrected chi connectivity index (χ1v) is 6.74. The molecule has 1 atom stereocenters. The molecule has 1 aromatic rings. The molecule has 1 aromatic heterocycles. The Morgan fingerprint density at radius 2 is 2.20 bits per heavy atom. The van der Waals surface area contributed by atoms with Crippen molar-refractivity contribution in [3.05, 3.63) is 33.2 Å². The first kappa shape index (κ1) is 14.7. The van der Waals surface area contributed by atoms with Crippen molar-refractivity contribution >= 4 is 27.8 Å². The molecule has 1 aliphatic heterocycles. The number of aromatic nitrogens is 1. The molecule has 8 heteroatoms. The van der Waals surface area contributed by atoms with Crippen LogP contribution in [0.2, 0.25) is 0 Å². The number of aliphatic carboxylic acids is 1. The van der Waals surface area contributed by atoms with E-state index in [1.807, 2.05) is 0 Å². The lowest BCUT2D eigenvalue weighted by Crippen LogP contribution is -2.53. The molecule has 0 spiro atoms. The van der Waals surface area contributed by atoms with Gasteiger partial charge in [-0.15, -0.1) is 0 Å². The van der Waals surface area contributed by atoms with Gasteiger partial charge in [0.25, 0.3) is 5.56 Å². The van der Waals surface area contributed by atoms with Gasteiger partial charge in [0.15, 0.2) is 6.04 Å². The molecule has 1 fully saturated rings. The van der Waals surface area contributed by atoms with Crippen LogP contribution in [0, 0.1) is 0 Å². The number of hydrogen-bond acceptors (Lipinski definition) is 4. The van der Waals surface area contributed by atoms with Crippen LogP contribution in [-0.4, -0.2) is 52.3 Å². The van der Waals surface area contributed by atoms with Gasteiger partial charge in [-0.3, -0.25) is 9.59 Å². The van der Waals surface area contributed by atoms with Crippen molar-refractivity contribution in [2.24, 2.45) is 0 Å². The van der Waals surface area contributed by atoms with Gasteiger partial charge in [0.05, 0.1) is 13.2 Å². The summed E-state index contributed by atoms with van der Waals surface area (Å²) in [5.41, 5.74) is -0.318. The standard InChI is InChI=1S/C12H13BrN2O5/c13-8-1-2-10(16)14(5-8)6-11(17)15-3-4-20-7-9(15)12(18)19/h1-2,5,9H,3-4,6-7H2,(H,18,19)/t9-/m0/s1. The Morgan fingerprint density at radius 1 is 1.45 bits per heavy atom. The molecule has 1 N–H and O–H groups in total. The van der Waals surface area contributed by atoms with Crippen molar-refractivity contribution in [1.29, 1.82) is 0 Å². The molecular weight excluding hydrogens is 332 g/mol. The van der Waals surface area contributed by atoms with Crippen LogP contribution in [-0.2, 0) is 20.9 Å². The molecule has 1 amide bonds. The summed E-state index contributed by atoms with van der Waals surface area (Å²) in [7, 11) is 0. The highest BCUT2D eigenvalue weighted by molar-refractivity contribution is 9.10. The number of halogens is 1. The predicted molar refractivity (Wildman–Crippen MR) is 72.4 cm³/mol. The van der Waals surface area contributed by atoms with Crippen LogP contribution in [0.15, 0.2) is 27.6 Å². The quantitative estimate of drug-likeness (QED) is 0.828. The van der Waals surface area contributed by atoms with Gasteiger partial charge in [-0.05, 0) is 22.0 Å². The molecule has 7 nitrogen and oxygen atoms in total. The second kappa shape index (κ2) is 6.19. The van der Waals surface area contributed by atoms with E-state index < -0.39 is 17.9 Å². The minimum atomic E-state index is -1.11. The maximum Gasteiger partial charge on any atom is 0.328 e. The third-order valence-electron chi connectivity index (χ3n) is 2.99. The SMILES string of the molecule is O=C(O)[C@@H]1COCCN1C(=O)Cn1cc(Br)ccc1=O. The fourth-order valence-corrected chi connectivity index (χ4v) is 2.35. The van der Waals surface area contributed by atoms with E-state index in [9.17, 15) is 14.4 Å². The highest BCUT2D eigenvalue weighted by Crippen LogP contribution is 2.10. The summed E-state index contributed by atoms with van der Waals surface area (Å²) in [5, 5.41) is 9.07. The van der Waals surface area contributed by atoms with Crippen molar-refractivity contribution in [3.63, 3.8) is 0 Å². The number of carbonyl (C=O) groups excluding carboxylic acids is 1. The number of rotatable bonds is 3. The van der Waals surface area contributed by atoms with Crippen LogP contribution < -0.4 is 5.56 Å². The summed E-state index contributed by atoms with van der Waals surface area (Å²) in [5.74, 6) is -1.53. The van der Waals surface area contributed by atoms with E-state index in [2.05, 4.69) is 15.9 Å². The molecule has 0 bridgehead atoms. The fourth-order valence-electron chi connectivity index (χ4n) is 1.97. The summed E-state index contributed by atoms with van der Waals surface area (Å²) < 4.78 is 6.97. The Balaban J connectivity index is 2.16. The lowest BCUT2D eigenvalue weighted by molar-refractivity contribution is -0.158. The molecule has 0 aliphatic carbocycles. The number of amides is 1. The monoisotopic (exact) mass is 344 g/mol. The van der Waals surface area contributed by atoms with Gasteiger partial charge in [-0.1, -0.05) is 0 Å². The summed E-state index contributed by atoms with van der Waals surface area (Å²) in [6, 6.07) is 1.92. The van der Waals surface area contributed by atoms with Gasteiger partial charge < -0.3 is 19.3 Å². The number of carboxylic acids is 1. The first-order valence-electron chi connectivity index (χ1n) is 5.95. The van der Waals surface area contributed by atoms with Crippen molar-refractivity contribution in [2.75, 3.05) is 19.8 Å². The average molecular weight is 345 g/mol. The molecule has 20 heavy (non-hydrogen) atoms. The van der Waals surface area contributed by atoms with Crippen LogP contribution in [0.4, 0.5) is 0 Å². The van der Waals surface area contributed by atoms with Gasteiger partial charge in [-0.25, -0.2) is 4.79 Å². The van der Waals surface area contributed by atoms with Gasteiger partial charge in [-0.2, -0.15) is 0 Å². The Labute approximate surface area is 122 Å². The van der Waals surface area contributed by atoms with E-state index in [1.165, 1.54) is 21.7 Å². The zero-order chi connectivity index (χ0) is 14.7. The van der Waals surface area contributed by atoms with Gasteiger partial charge in [0.2, 0.25) is 5.91 Å². The van der Waals surface area contributed by atoms with E-state index in [0.717, 1.165) is 0 Å². The van der Waals surface area contributed by atoms with Crippen molar-refractivity contribution in [3.8, 4) is 0 Å². The molecule has 1 saturated heterocycles. The van der Waals surface area contributed by atoms with E-state index in [-0.39, 0.29) is 25.3 Å². The molecule has 2 heterocycles. The zero-order valence-corrected chi connectivity index (χ0v) is 12.1. The summed E-state index contributed by atoms with van der Waals surface area (Å²) in [6.45, 7) is 0.276. The molecule has 2 rings (SSSR count). The molecule has 0 unspecified atom stereocenters. The van der Waals surface area contributed by atoms with Crippen molar-refractivity contribution in [1.82, 2.24) is 9.47 Å². The Kier molecular flexibility index (Phi) is 4.56. The maximum atomic E-state index is 12.2. The van der Waals surface area contributed by atoms with Gasteiger partial charge >= 0.3 is 5.97 Å². The van der Waals surface area contributed by atoms with Crippen LogP contribution in [0.3, 0.4) is 0 Å². The lowest BCUT2D eigenvalue weighted by atomic mass is 10.2. The van der Waals surface area contributed by atoms with Gasteiger partial charge in [0, 0.05) is 23.3 Å². The van der Waals surface area contributed by atoms with E-state index >= 15 is 0 Å². The fraction of sp³-hybridized carbons (Fsp3) is 0.417. The maximum absolute atomic E-state index is 12.2. The van der Waals surface area contributed by atoms with Crippen molar-refractivity contribution in [2.45, 2.75) is 12.6 Å². The summed E-state index contributed by atoms with van der Waals surface area (Å²) in [4.78, 5) is 36.1. The molecule has 108 valence electrons. The smallest absolute Gasteiger partial charge is 0.328 e. The lowest BCUT2D eigenvalue weighted by Gasteiger charge is -2.33. The van der Waals surface area contributed by atoms with E-state index in [0.29, 0.717) is 11.1 Å². The highest BCUT2D eigenvalue weighted by Gasteiger charge is 2.32. The van der Waals surface area contributed by atoms with Gasteiger partial charge in [0.1, 0.15) is 6.54 Å². The van der Waals surface area contributed by atoms with Crippen LogP contribution >= 0.6 is 15.9 Å². The van der Waals surface area contributed by atoms with Crippen LogP contribution in [0.25, 0.3) is 0 Å². The summed E-state index contributed by atoms with van der Waals surface area (Å²) in [6.07, 6.45) is 1.50.